The maximum atomic E-state index is 13.4. The third-order valence-electron chi connectivity index (χ3n) is 6.19. The summed E-state index contributed by atoms with van der Waals surface area (Å²) < 4.78 is 16.1. The number of aromatic amines is 1. The molecule has 0 aliphatic carbocycles. The Morgan fingerprint density at radius 1 is 1.03 bits per heavy atom. The zero-order valence-electron chi connectivity index (χ0n) is 19.8. The summed E-state index contributed by atoms with van der Waals surface area (Å²) in [6.07, 6.45) is 0.756. The van der Waals surface area contributed by atoms with E-state index in [-0.39, 0.29) is 11.9 Å². The fourth-order valence-electron chi connectivity index (χ4n) is 4.42. The predicted molar refractivity (Wildman–Crippen MR) is 127 cm³/mol. The minimum absolute atomic E-state index is 0.0433. The second-order valence-corrected chi connectivity index (χ2v) is 8.50. The number of ether oxygens (including phenoxy) is 3. The van der Waals surface area contributed by atoms with Crippen LogP contribution >= 0.6 is 0 Å². The van der Waals surface area contributed by atoms with Crippen molar-refractivity contribution >= 4 is 5.91 Å². The molecule has 33 heavy (non-hydrogen) atoms. The SMILES string of the molecule is COCCCN1C(=O)c2[nH]nc(-c3ccc(OC)c(OC)c3)c2C1c1ccc(C(C)C)cc1. The quantitative estimate of drug-likeness (QED) is 0.475. The minimum atomic E-state index is -0.229. The Kier molecular flexibility index (Phi) is 6.70. The lowest BCUT2D eigenvalue weighted by molar-refractivity contribution is 0.0723. The molecule has 2 aromatic carbocycles. The first kappa shape index (κ1) is 22.9. The Morgan fingerprint density at radius 3 is 2.39 bits per heavy atom. The Bertz CT molecular complexity index is 1120. The van der Waals surface area contributed by atoms with Crippen molar-refractivity contribution in [2.24, 2.45) is 0 Å². The van der Waals surface area contributed by atoms with Crippen molar-refractivity contribution in [3.63, 3.8) is 0 Å². The Morgan fingerprint density at radius 2 is 1.76 bits per heavy atom. The third-order valence-corrected chi connectivity index (χ3v) is 6.19. The Labute approximate surface area is 194 Å². The van der Waals surface area contributed by atoms with Crippen molar-refractivity contribution in [1.82, 2.24) is 15.1 Å². The van der Waals surface area contributed by atoms with Crippen LogP contribution in [0.5, 0.6) is 11.5 Å². The van der Waals surface area contributed by atoms with Crippen LogP contribution in [0.25, 0.3) is 11.3 Å². The van der Waals surface area contributed by atoms with E-state index in [9.17, 15) is 4.79 Å². The first-order valence-electron chi connectivity index (χ1n) is 11.2. The van der Waals surface area contributed by atoms with Gasteiger partial charge in [-0.25, -0.2) is 0 Å². The number of fused-ring (bicyclic) bond motifs is 1. The third kappa shape index (κ3) is 4.20. The molecule has 1 aliphatic heterocycles. The zero-order chi connectivity index (χ0) is 23.5. The van der Waals surface area contributed by atoms with E-state index in [0.29, 0.717) is 36.3 Å². The topological polar surface area (TPSA) is 76.7 Å². The fourth-order valence-corrected chi connectivity index (χ4v) is 4.42. The van der Waals surface area contributed by atoms with Gasteiger partial charge in [0.1, 0.15) is 5.69 Å². The number of amides is 1. The summed E-state index contributed by atoms with van der Waals surface area (Å²) in [7, 11) is 4.89. The Hall–Kier alpha value is -3.32. The molecular weight excluding hydrogens is 418 g/mol. The van der Waals surface area contributed by atoms with Crippen molar-refractivity contribution < 1.29 is 19.0 Å². The number of nitrogens with zero attached hydrogens (tertiary/aromatic N) is 2. The first-order chi connectivity index (χ1) is 16.0. The molecule has 1 aliphatic rings. The molecule has 1 aromatic heterocycles. The fraction of sp³-hybridized carbons (Fsp3) is 0.385. The van der Waals surface area contributed by atoms with Gasteiger partial charge >= 0.3 is 0 Å². The highest BCUT2D eigenvalue weighted by Gasteiger charge is 2.42. The molecule has 0 saturated carbocycles. The van der Waals surface area contributed by atoms with Crippen molar-refractivity contribution in [3.05, 3.63) is 64.8 Å². The molecule has 2 heterocycles. The number of aromatic nitrogens is 2. The summed E-state index contributed by atoms with van der Waals surface area (Å²) in [6.45, 7) is 5.54. The van der Waals surface area contributed by atoms with Crippen LogP contribution in [0.1, 0.15) is 59.4 Å². The summed E-state index contributed by atoms with van der Waals surface area (Å²) in [4.78, 5) is 15.3. The summed E-state index contributed by atoms with van der Waals surface area (Å²) in [6, 6.07) is 14.0. The molecular formula is C26H31N3O4. The normalized spacial score (nSPS) is 15.3. The second kappa shape index (κ2) is 9.67. The molecule has 0 spiro atoms. The second-order valence-electron chi connectivity index (χ2n) is 8.50. The Balaban J connectivity index is 1.81. The van der Waals surface area contributed by atoms with Gasteiger partial charge in [-0.15, -0.1) is 0 Å². The molecule has 1 unspecified atom stereocenters. The molecule has 1 atom stereocenters. The van der Waals surface area contributed by atoms with Crippen LogP contribution in [-0.2, 0) is 4.74 Å². The van der Waals surface area contributed by atoms with Crippen LogP contribution in [0.4, 0.5) is 0 Å². The van der Waals surface area contributed by atoms with E-state index in [1.807, 2.05) is 23.1 Å². The number of hydrogen-bond acceptors (Lipinski definition) is 5. The van der Waals surface area contributed by atoms with Crippen LogP contribution in [0.2, 0.25) is 0 Å². The van der Waals surface area contributed by atoms with Crippen LogP contribution in [0, 0.1) is 0 Å². The van der Waals surface area contributed by atoms with Crippen LogP contribution < -0.4 is 9.47 Å². The van der Waals surface area contributed by atoms with E-state index in [4.69, 9.17) is 14.2 Å². The van der Waals surface area contributed by atoms with E-state index in [1.165, 1.54) is 5.56 Å². The van der Waals surface area contributed by atoms with Gasteiger partial charge in [-0.1, -0.05) is 38.1 Å². The largest absolute Gasteiger partial charge is 0.493 e. The highest BCUT2D eigenvalue weighted by atomic mass is 16.5. The standard InChI is InChI=1S/C26H31N3O4/c1-16(2)17-7-9-18(10-8-17)25-22-23(19-11-12-20(32-4)21(15-19)33-5)27-28-24(22)26(30)29(25)13-6-14-31-3/h7-12,15-16,25H,6,13-14H2,1-5H3,(H,27,28). The van der Waals surface area contributed by atoms with Crippen molar-refractivity contribution in [2.45, 2.75) is 32.2 Å². The van der Waals surface area contributed by atoms with Crippen molar-refractivity contribution in [3.8, 4) is 22.8 Å². The number of carbonyl (C=O) groups excluding carboxylic acids is 1. The predicted octanol–water partition coefficient (Wildman–Crippen LogP) is 4.80. The number of H-pyrrole nitrogens is 1. The molecule has 1 amide bonds. The van der Waals surface area contributed by atoms with Crippen molar-refractivity contribution in [2.75, 3.05) is 34.5 Å². The smallest absolute Gasteiger partial charge is 0.273 e. The molecule has 3 aromatic rings. The van der Waals surface area contributed by atoms with Gasteiger partial charge in [0, 0.05) is 31.4 Å². The average molecular weight is 450 g/mol. The maximum absolute atomic E-state index is 13.4. The van der Waals surface area contributed by atoms with E-state index < -0.39 is 0 Å². The number of nitrogens with one attached hydrogen (secondary N) is 1. The highest BCUT2D eigenvalue weighted by molar-refractivity contribution is 6.00. The molecule has 0 saturated heterocycles. The minimum Gasteiger partial charge on any atom is -0.493 e. The number of rotatable bonds is 9. The van der Waals surface area contributed by atoms with Gasteiger partial charge < -0.3 is 19.1 Å². The van der Waals surface area contributed by atoms with E-state index >= 15 is 0 Å². The molecule has 0 bridgehead atoms. The molecule has 4 rings (SSSR count). The van der Waals surface area contributed by atoms with Crippen LogP contribution in [-0.4, -0.2) is 55.5 Å². The van der Waals surface area contributed by atoms with E-state index in [1.54, 1.807) is 21.3 Å². The summed E-state index contributed by atoms with van der Waals surface area (Å²) >= 11 is 0. The molecule has 7 heteroatoms. The van der Waals surface area contributed by atoms with E-state index in [0.717, 1.165) is 28.8 Å². The molecule has 0 fully saturated rings. The molecule has 1 N–H and O–H groups in total. The average Bonchev–Trinajstić information content (AvgIpc) is 3.38. The number of benzene rings is 2. The summed E-state index contributed by atoms with van der Waals surface area (Å²) in [5, 5.41) is 7.55. The van der Waals surface area contributed by atoms with Gasteiger partial charge in [-0.05, 0) is 41.7 Å². The monoisotopic (exact) mass is 449 g/mol. The molecule has 7 nitrogen and oxygen atoms in total. The van der Waals surface area contributed by atoms with Crippen LogP contribution in [0.3, 0.4) is 0 Å². The van der Waals surface area contributed by atoms with E-state index in [2.05, 4.69) is 48.3 Å². The van der Waals surface area contributed by atoms with Gasteiger partial charge in [0.25, 0.3) is 5.91 Å². The lowest BCUT2D eigenvalue weighted by atomic mass is 9.93. The number of hydrogen-bond donors (Lipinski definition) is 1. The van der Waals surface area contributed by atoms with Gasteiger partial charge in [-0.3, -0.25) is 9.89 Å². The molecule has 0 radical (unpaired) electrons. The lowest BCUT2D eigenvalue weighted by Gasteiger charge is -2.26. The molecule has 174 valence electrons. The number of methoxy groups -OCH3 is 3. The van der Waals surface area contributed by atoms with Gasteiger partial charge in [0.15, 0.2) is 11.5 Å². The van der Waals surface area contributed by atoms with Gasteiger partial charge in [0.05, 0.1) is 26.0 Å². The summed E-state index contributed by atoms with van der Waals surface area (Å²) in [5.74, 6) is 1.66. The summed E-state index contributed by atoms with van der Waals surface area (Å²) in [5.41, 5.74) is 5.36. The van der Waals surface area contributed by atoms with Crippen molar-refractivity contribution in [1.29, 1.82) is 0 Å². The highest BCUT2D eigenvalue weighted by Crippen LogP contribution is 2.44. The lowest BCUT2D eigenvalue weighted by Crippen LogP contribution is -2.31. The van der Waals surface area contributed by atoms with Gasteiger partial charge in [0.2, 0.25) is 0 Å². The zero-order valence-corrected chi connectivity index (χ0v) is 19.8. The van der Waals surface area contributed by atoms with Crippen LogP contribution in [0.15, 0.2) is 42.5 Å². The number of carbonyl (C=O) groups is 1. The van der Waals surface area contributed by atoms with Gasteiger partial charge in [-0.2, -0.15) is 5.10 Å². The first-order valence-corrected chi connectivity index (χ1v) is 11.2. The maximum Gasteiger partial charge on any atom is 0.273 e.